The molecule has 1 aliphatic carbocycles. The first kappa shape index (κ1) is 24.5. The molecule has 3 heterocycles. The number of amides is 1. The quantitative estimate of drug-likeness (QED) is 0.456. The zero-order valence-corrected chi connectivity index (χ0v) is 21.0. The van der Waals surface area contributed by atoms with E-state index in [2.05, 4.69) is 9.71 Å². The minimum absolute atomic E-state index is 0.108. The number of nitrogens with two attached hydrogens (primary N) is 1. The highest BCUT2D eigenvalue weighted by Gasteiger charge is 2.28. The molecule has 0 radical (unpaired) electrons. The zero-order chi connectivity index (χ0) is 25.3. The van der Waals surface area contributed by atoms with E-state index >= 15 is 0 Å². The summed E-state index contributed by atoms with van der Waals surface area (Å²) in [5.74, 6) is 0. The molecular weight excluding hydrogens is 480 g/mol. The van der Waals surface area contributed by atoms with Gasteiger partial charge in [-0.25, -0.2) is 17.9 Å². The second-order valence-corrected chi connectivity index (χ2v) is 11.8. The Hall–Kier alpha value is -3.18. The van der Waals surface area contributed by atoms with E-state index < -0.39 is 16.1 Å². The average molecular weight is 513 g/mol. The molecule has 192 valence electrons. The number of nitrogens with one attached hydrogen (secondary N) is 1. The molecule has 1 atom stereocenters. The first-order chi connectivity index (χ1) is 17.3. The lowest BCUT2D eigenvalue weighted by molar-refractivity contribution is 0.120. The zero-order valence-electron chi connectivity index (χ0n) is 20.1. The molecule has 1 saturated heterocycles. The molecule has 0 spiro atoms. The number of nitrogens with zero attached hydrogens (tertiary/aromatic N) is 4. The van der Waals surface area contributed by atoms with Crippen LogP contribution in [0.4, 0.5) is 10.5 Å². The van der Waals surface area contributed by atoms with Crippen LogP contribution in [0.15, 0.2) is 36.7 Å². The SMILES string of the molecule is Nc1cncc2c1c(-c1ccc(CNS(=O)(=O)C3CCCCC3)cc1)nn2[C@@H]1CCCN(C(=O)O)C1. The summed E-state index contributed by atoms with van der Waals surface area (Å²) in [5.41, 5.74) is 10.00. The van der Waals surface area contributed by atoms with Gasteiger partial charge in [0, 0.05) is 25.2 Å². The maximum atomic E-state index is 12.7. The van der Waals surface area contributed by atoms with Crippen LogP contribution in [0.2, 0.25) is 0 Å². The van der Waals surface area contributed by atoms with E-state index in [1.807, 2.05) is 28.9 Å². The summed E-state index contributed by atoms with van der Waals surface area (Å²) in [6.07, 6.45) is 8.46. The molecule has 10 nitrogen and oxygen atoms in total. The number of hydrogen-bond acceptors (Lipinski definition) is 6. The summed E-state index contributed by atoms with van der Waals surface area (Å²) in [4.78, 5) is 17.2. The van der Waals surface area contributed by atoms with Crippen LogP contribution in [-0.4, -0.2) is 57.6 Å². The molecule has 36 heavy (non-hydrogen) atoms. The fraction of sp³-hybridized carbons (Fsp3) is 0.480. The number of hydrogen-bond donors (Lipinski definition) is 3. The molecule has 0 bridgehead atoms. The van der Waals surface area contributed by atoms with Crippen LogP contribution in [0, 0.1) is 0 Å². The van der Waals surface area contributed by atoms with E-state index in [0.717, 1.165) is 67.0 Å². The van der Waals surface area contributed by atoms with Crippen LogP contribution in [0.3, 0.4) is 0 Å². The Morgan fingerprint density at radius 3 is 2.56 bits per heavy atom. The van der Waals surface area contributed by atoms with Crippen LogP contribution in [0.25, 0.3) is 22.2 Å². The van der Waals surface area contributed by atoms with Crippen molar-refractivity contribution in [3.8, 4) is 11.3 Å². The van der Waals surface area contributed by atoms with Gasteiger partial charge in [0.2, 0.25) is 10.0 Å². The molecule has 1 amide bonds. The van der Waals surface area contributed by atoms with Crippen molar-refractivity contribution in [1.29, 1.82) is 0 Å². The van der Waals surface area contributed by atoms with Gasteiger partial charge in [-0.3, -0.25) is 9.67 Å². The molecule has 1 aliphatic heterocycles. The van der Waals surface area contributed by atoms with Gasteiger partial charge >= 0.3 is 6.09 Å². The molecule has 0 unspecified atom stereocenters. The Labute approximate surface area is 210 Å². The van der Waals surface area contributed by atoms with Crippen molar-refractivity contribution in [2.24, 2.45) is 0 Å². The summed E-state index contributed by atoms with van der Waals surface area (Å²) >= 11 is 0. The number of pyridine rings is 1. The van der Waals surface area contributed by atoms with E-state index in [0.29, 0.717) is 24.5 Å². The average Bonchev–Trinajstić information content (AvgIpc) is 3.29. The standard InChI is InChI=1S/C25H32N6O4S/c26-21-14-27-15-22-23(21)24(29-31(22)19-5-4-12-30(16-19)25(32)33)18-10-8-17(9-11-18)13-28-36(34,35)20-6-2-1-3-7-20/h8-11,14-15,19-20,28H,1-7,12-13,16,26H2,(H,32,33)/t19-/m1/s1. The van der Waals surface area contributed by atoms with E-state index in [1.165, 1.54) is 4.90 Å². The van der Waals surface area contributed by atoms with Gasteiger partial charge in [-0.2, -0.15) is 5.10 Å². The highest BCUT2D eigenvalue weighted by molar-refractivity contribution is 7.90. The van der Waals surface area contributed by atoms with E-state index in [-0.39, 0.29) is 17.8 Å². The highest BCUT2D eigenvalue weighted by Crippen LogP contribution is 2.35. The van der Waals surface area contributed by atoms with Crippen LogP contribution < -0.4 is 10.5 Å². The number of aromatic nitrogens is 3. The van der Waals surface area contributed by atoms with Gasteiger partial charge < -0.3 is 15.7 Å². The number of sulfonamides is 1. The number of nitrogen functional groups attached to an aromatic ring is 1. The molecular formula is C25H32N6O4S. The van der Waals surface area contributed by atoms with E-state index in [9.17, 15) is 18.3 Å². The number of carbonyl (C=O) groups is 1. The highest BCUT2D eigenvalue weighted by atomic mass is 32.2. The maximum Gasteiger partial charge on any atom is 0.407 e. The molecule has 1 aromatic carbocycles. The third kappa shape index (κ3) is 4.90. The Kier molecular flexibility index (Phi) is 6.85. The third-order valence-electron chi connectivity index (χ3n) is 7.36. The molecule has 11 heteroatoms. The Balaban J connectivity index is 1.39. The van der Waals surface area contributed by atoms with Crippen molar-refractivity contribution in [2.45, 2.75) is 62.8 Å². The second kappa shape index (κ2) is 10.1. The minimum Gasteiger partial charge on any atom is -0.465 e. The van der Waals surface area contributed by atoms with Crippen LogP contribution in [0.1, 0.15) is 56.6 Å². The van der Waals surface area contributed by atoms with Gasteiger partial charge in [0.1, 0.15) is 5.69 Å². The second-order valence-electron chi connectivity index (χ2n) is 9.76. The molecule has 2 aromatic heterocycles. The number of carboxylic acid groups (broad SMARTS) is 1. The fourth-order valence-corrected chi connectivity index (χ4v) is 6.93. The van der Waals surface area contributed by atoms with Crippen LogP contribution in [-0.2, 0) is 16.6 Å². The Morgan fingerprint density at radius 1 is 1.08 bits per heavy atom. The Bertz CT molecular complexity index is 1350. The molecule has 3 aromatic rings. The number of piperidine rings is 1. The van der Waals surface area contributed by atoms with Crippen LogP contribution in [0.5, 0.6) is 0 Å². The lowest BCUT2D eigenvalue weighted by Crippen LogP contribution is -2.40. The molecule has 4 N–H and O–H groups in total. The predicted octanol–water partition coefficient (Wildman–Crippen LogP) is 3.75. The van der Waals surface area contributed by atoms with Crippen molar-refractivity contribution in [3.63, 3.8) is 0 Å². The summed E-state index contributed by atoms with van der Waals surface area (Å²) in [5, 5.41) is 14.8. The predicted molar refractivity (Wildman–Crippen MR) is 138 cm³/mol. The smallest absolute Gasteiger partial charge is 0.407 e. The molecule has 5 rings (SSSR count). The monoisotopic (exact) mass is 512 g/mol. The number of fused-ring (bicyclic) bond motifs is 1. The molecule has 2 aliphatic rings. The van der Waals surface area contributed by atoms with Crippen molar-refractivity contribution < 1.29 is 18.3 Å². The van der Waals surface area contributed by atoms with Crippen LogP contribution >= 0.6 is 0 Å². The number of likely N-dealkylation sites (tertiary alicyclic amines) is 1. The van der Waals surface area contributed by atoms with Gasteiger partial charge in [-0.15, -0.1) is 0 Å². The minimum atomic E-state index is -3.33. The van der Waals surface area contributed by atoms with Gasteiger partial charge in [-0.05, 0) is 31.2 Å². The summed E-state index contributed by atoms with van der Waals surface area (Å²) in [7, 11) is -3.33. The largest absolute Gasteiger partial charge is 0.465 e. The number of benzene rings is 1. The van der Waals surface area contributed by atoms with Crippen molar-refractivity contribution in [2.75, 3.05) is 18.8 Å². The number of anilines is 1. The summed E-state index contributed by atoms with van der Waals surface area (Å²) in [6, 6.07) is 7.52. The lowest BCUT2D eigenvalue weighted by Gasteiger charge is -2.31. The van der Waals surface area contributed by atoms with Crippen molar-refractivity contribution in [1.82, 2.24) is 24.4 Å². The maximum absolute atomic E-state index is 12.7. The summed E-state index contributed by atoms with van der Waals surface area (Å²) in [6.45, 7) is 1.12. The topological polar surface area (TPSA) is 143 Å². The molecule has 1 saturated carbocycles. The fourth-order valence-electron chi connectivity index (χ4n) is 5.37. The Morgan fingerprint density at radius 2 is 1.83 bits per heavy atom. The van der Waals surface area contributed by atoms with Crippen molar-refractivity contribution >= 4 is 32.7 Å². The third-order valence-corrected chi connectivity index (χ3v) is 9.25. The van der Waals surface area contributed by atoms with Gasteiger partial charge in [0.05, 0.1) is 40.3 Å². The van der Waals surface area contributed by atoms with E-state index in [1.54, 1.807) is 12.4 Å². The lowest BCUT2D eigenvalue weighted by atomic mass is 10.0. The molecule has 2 fully saturated rings. The van der Waals surface area contributed by atoms with Gasteiger partial charge in [0.25, 0.3) is 0 Å². The van der Waals surface area contributed by atoms with Crippen molar-refractivity contribution in [3.05, 3.63) is 42.2 Å². The number of rotatable bonds is 6. The van der Waals surface area contributed by atoms with Gasteiger partial charge in [-0.1, -0.05) is 43.5 Å². The summed E-state index contributed by atoms with van der Waals surface area (Å²) < 4.78 is 30.0. The van der Waals surface area contributed by atoms with Gasteiger partial charge in [0.15, 0.2) is 0 Å². The first-order valence-corrected chi connectivity index (χ1v) is 14.1. The first-order valence-electron chi connectivity index (χ1n) is 12.5. The normalized spacial score (nSPS) is 19.6. The van der Waals surface area contributed by atoms with E-state index in [4.69, 9.17) is 10.8 Å².